The number of hydrogen-bond donors (Lipinski definition) is 2. The van der Waals surface area contributed by atoms with Gasteiger partial charge < -0.3 is 20.2 Å². The van der Waals surface area contributed by atoms with Gasteiger partial charge in [0.25, 0.3) is 0 Å². The number of rotatable bonds is 5. The van der Waals surface area contributed by atoms with Gasteiger partial charge in [0.2, 0.25) is 5.91 Å². The minimum Gasteiger partial charge on any atom is -0.396 e. The minimum atomic E-state index is -0.00205. The minimum absolute atomic E-state index is 0.00205. The molecule has 1 unspecified atom stereocenters. The molecule has 0 aromatic heterocycles. The van der Waals surface area contributed by atoms with Crippen LogP contribution in [-0.2, 0) is 4.79 Å². The summed E-state index contributed by atoms with van der Waals surface area (Å²) in [4.78, 5) is 27.3. The van der Waals surface area contributed by atoms with E-state index in [1.807, 2.05) is 6.92 Å². The lowest BCUT2D eigenvalue weighted by atomic mass is 9.95. The molecule has 1 rings (SSSR count). The van der Waals surface area contributed by atoms with E-state index in [1.165, 1.54) is 0 Å². The van der Waals surface area contributed by atoms with Crippen molar-refractivity contribution in [2.75, 3.05) is 33.8 Å². The molecule has 1 saturated heterocycles. The number of piperidine rings is 1. The number of aliphatic hydroxyl groups is 1. The second-order valence-electron chi connectivity index (χ2n) is 5.71. The van der Waals surface area contributed by atoms with E-state index in [1.54, 1.807) is 23.9 Å². The Morgan fingerprint density at radius 2 is 1.95 bits per heavy atom. The fourth-order valence-corrected chi connectivity index (χ4v) is 2.45. The van der Waals surface area contributed by atoms with Crippen LogP contribution in [0.4, 0.5) is 4.79 Å². The fraction of sp³-hybridized carbons (Fsp3) is 0.857. The number of nitrogens with zero attached hydrogens (tertiary/aromatic N) is 2. The number of nitrogens with one attached hydrogen (secondary N) is 1. The highest BCUT2D eigenvalue weighted by molar-refractivity contribution is 5.79. The van der Waals surface area contributed by atoms with Crippen molar-refractivity contribution in [3.05, 3.63) is 0 Å². The zero-order valence-electron chi connectivity index (χ0n) is 12.8. The Kier molecular flexibility index (Phi) is 6.78. The van der Waals surface area contributed by atoms with Crippen molar-refractivity contribution >= 4 is 11.9 Å². The highest BCUT2D eigenvalue weighted by Crippen LogP contribution is 2.18. The third-order valence-electron chi connectivity index (χ3n) is 3.70. The van der Waals surface area contributed by atoms with E-state index in [0.717, 1.165) is 19.3 Å². The highest BCUT2D eigenvalue weighted by atomic mass is 16.3. The molecular weight excluding hydrogens is 258 g/mol. The zero-order chi connectivity index (χ0) is 15.1. The van der Waals surface area contributed by atoms with Crippen LogP contribution in [-0.4, -0.2) is 66.7 Å². The number of hydrogen-bond acceptors (Lipinski definition) is 3. The predicted octanol–water partition coefficient (Wildman–Crippen LogP) is 0.657. The van der Waals surface area contributed by atoms with Crippen LogP contribution in [0.25, 0.3) is 0 Å². The maximum absolute atomic E-state index is 12.1. The predicted molar refractivity (Wildman–Crippen MR) is 77.3 cm³/mol. The molecule has 0 saturated carbocycles. The van der Waals surface area contributed by atoms with E-state index in [9.17, 15) is 9.59 Å². The summed E-state index contributed by atoms with van der Waals surface area (Å²) in [5, 5.41) is 11.8. The Labute approximate surface area is 121 Å². The lowest BCUT2D eigenvalue weighted by Crippen LogP contribution is -2.47. The average molecular weight is 285 g/mol. The third kappa shape index (κ3) is 5.00. The smallest absolute Gasteiger partial charge is 0.319 e. The van der Waals surface area contributed by atoms with E-state index < -0.39 is 0 Å². The van der Waals surface area contributed by atoms with Gasteiger partial charge in [-0.1, -0.05) is 0 Å². The van der Waals surface area contributed by atoms with Crippen LogP contribution in [0.3, 0.4) is 0 Å². The summed E-state index contributed by atoms with van der Waals surface area (Å²) in [6.07, 6.45) is 2.94. The first-order valence-electron chi connectivity index (χ1n) is 7.33. The number of carbonyl (C=O) groups is 2. The highest BCUT2D eigenvalue weighted by Gasteiger charge is 2.28. The maximum Gasteiger partial charge on any atom is 0.319 e. The van der Waals surface area contributed by atoms with Crippen molar-refractivity contribution < 1.29 is 14.7 Å². The first-order valence-corrected chi connectivity index (χ1v) is 7.33. The van der Waals surface area contributed by atoms with Crippen LogP contribution in [0, 0.1) is 5.92 Å². The van der Waals surface area contributed by atoms with Crippen molar-refractivity contribution in [1.82, 2.24) is 15.1 Å². The van der Waals surface area contributed by atoms with Crippen molar-refractivity contribution in [2.45, 2.75) is 38.6 Å². The van der Waals surface area contributed by atoms with Gasteiger partial charge in [0.1, 0.15) is 0 Å². The molecule has 0 spiro atoms. The van der Waals surface area contributed by atoms with Gasteiger partial charge in [-0.25, -0.2) is 4.79 Å². The molecule has 1 atom stereocenters. The largest absolute Gasteiger partial charge is 0.396 e. The number of amides is 3. The van der Waals surface area contributed by atoms with E-state index in [4.69, 9.17) is 5.11 Å². The summed E-state index contributed by atoms with van der Waals surface area (Å²) in [7, 11) is 3.48. The molecule has 20 heavy (non-hydrogen) atoms. The Morgan fingerprint density at radius 3 is 2.45 bits per heavy atom. The van der Waals surface area contributed by atoms with Crippen molar-refractivity contribution in [3.63, 3.8) is 0 Å². The first kappa shape index (κ1) is 16.8. The fourth-order valence-electron chi connectivity index (χ4n) is 2.45. The zero-order valence-corrected chi connectivity index (χ0v) is 12.8. The molecule has 0 aliphatic carbocycles. The van der Waals surface area contributed by atoms with E-state index in [2.05, 4.69) is 5.32 Å². The molecule has 0 radical (unpaired) electrons. The van der Waals surface area contributed by atoms with Gasteiger partial charge in [0.05, 0.1) is 0 Å². The molecule has 2 N–H and O–H groups in total. The van der Waals surface area contributed by atoms with Crippen LogP contribution in [0.15, 0.2) is 0 Å². The van der Waals surface area contributed by atoms with Crippen molar-refractivity contribution in [2.24, 2.45) is 5.92 Å². The maximum atomic E-state index is 12.1. The molecular formula is C14H27N3O3. The summed E-state index contributed by atoms with van der Waals surface area (Å²) in [5.74, 6) is 0.0742. The van der Waals surface area contributed by atoms with E-state index in [-0.39, 0.29) is 30.5 Å². The lowest BCUT2D eigenvalue weighted by Gasteiger charge is -2.33. The van der Waals surface area contributed by atoms with Gasteiger partial charge in [-0.2, -0.15) is 0 Å². The summed E-state index contributed by atoms with van der Waals surface area (Å²) in [6, 6.07) is 0.108. The van der Waals surface area contributed by atoms with E-state index >= 15 is 0 Å². The van der Waals surface area contributed by atoms with Gasteiger partial charge in [0, 0.05) is 45.8 Å². The van der Waals surface area contributed by atoms with Crippen LogP contribution in [0.5, 0.6) is 0 Å². The van der Waals surface area contributed by atoms with Crippen LogP contribution in [0.2, 0.25) is 0 Å². The second kappa shape index (κ2) is 8.09. The molecule has 6 heteroatoms. The summed E-state index contributed by atoms with van der Waals surface area (Å²) in [6.45, 7) is 3.39. The van der Waals surface area contributed by atoms with Gasteiger partial charge in [-0.05, 0) is 32.6 Å². The Balaban J connectivity index is 2.33. The molecule has 0 aromatic carbocycles. The van der Waals surface area contributed by atoms with Gasteiger partial charge in [0.15, 0.2) is 0 Å². The topological polar surface area (TPSA) is 72.9 Å². The van der Waals surface area contributed by atoms with Crippen LogP contribution < -0.4 is 5.32 Å². The number of likely N-dealkylation sites (tertiary alicyclic amines) is 1. The molecule has 6 nitrogen and oxygen atoms in total. The molecule has 1 aliphatic heterocycles. The second-order valence-corrected chi connectivity index (χ2v) is 5.71. The molecule has 1 heterocycles. The molecule has 116 valence electrons. The third-order valence-corrected chi connectivity index (χ3v) is 3.70. The van der Waals surface area contributed by atoms with Gasteiger partial charge in [-0.15, -0.1) is 0 Å². The quantitative estimate of drug-likeness (QED) is 0.779. The van der Waals surface area contributed by atoms with Crippen molar-refractivity contribution in [3.8, 4) is 0 Å². The summed E-state index contributed by atoms with van der Waals surface area (Å²) in [5.41, 5.74) is 0. The monoisotopic (exact) mass is 285 g/mol. The van der Waals surface area contributed by atoms with Crippen LogP contribution in [0.1, 0.15) is 32.6 Å². The molecule has 0 aromatic rings. The van der Waals surface area contributed by atoms with Gasteiger partial charge >= 0.3 is 6.03 Å². The summed E-state index contributed by atoms with van der Waals surface area (Å²) < 4.78 is 0. The molecule has 3 amide bonds. The van der Waals surface area contributed by atoms with Gasteiger partial charge in [-0.3, -0.25) is 4.79 Å². The number of carbonyl (C=O) groups excluding carboxylic acids is 2. The first-order chi connectivity index (χ1) is 9.45. The van der Waals surface area contributed by atoms with Crippen molar-refractivity contribution in [1.29, 1.82) is 0 Å². The number of urea groups is 1. The van der Waals surface area contributed by atoms with E-state index in [0.29, 0.717) is 19.5 Å². The molecule has 1 fully saturated rings. The summed E-state index contributed by atoms with van der Waals surface area (Å²) >= 11 is 0. The Hall–Kier alpha value is -1.30. The molecule has 0 bridgehead atoms. The van der Waals surface area contributed by atoms with Crippen LogP contribution >= 0.6 is 0 Å². The standard InChI is InChI=1S/C14H27N3O3/c1-11(5-4-10-18)15-13(19)12-6-8-17(9-7-12)14(20)16(2)3/h11-12,18H,4-10H2,1-3H3,(H,15,19). The average Bonchev–Trinajstić information content (AvgIpc) is 2.44. The Morgan fingerprint density at radius 1 is 1.35 bits per heavy atom. The Bertz CT molecular complexity index is 326. The normalized spacial score (nSPS) is 17.7. The SMILES string of the molecule is CC(CCCO)NC(=O)C1CCN(C(=O)N(C)C)CC1. The molecule has 1 aliphatic rings. The lowest BCUT2D eigenvalue weighted by molar-refractivity contribution is -0.126. The number of aliphatic hydroxyl groups excluding tert-OH is 1.